The maximum atomic E-state index is 12.6. The molecule has 0 bridgehead atoms. The molecule has 0 amide bonds. The highest BCUT2D eigenvalue weighted by atomic mass is 35.5. The number of furan rings is 1. The maximum absolute atomic E-state index is 12.6. The van der Waals surface area contributed by atoms with Crippen molar-refractivity contribution in [2.45, 2.75) is 57.9 Å². The number of alkyl halides is 3. The molecule has 1 aliphatic heterocycles. The summed E-state index contributed by atoms with van der Waals surface area (Å²) >= 11 is 6.66. The Kier molecular flexibility index (Phi) is 7.38. The summed E-state index contributed by atoms with van der Waals surface area (Å²) in [4.78, 5) is 13.3. The van der Waals surface area contributed by atoms with Crippen molar-refractivity contribution in [1.82, 2.24) is 9.78 Å². The van der Waals surface area contributed by atoms with Gasteiger partial charge in [-0.2, -0.15) is 18.3 Å². The molecule has 0 fully saturated rings. The van der Waals surface area contributed by atoms with Gasteiger partial charge in [0.1, 0.15) is 5.76 Å². The first-order valence-electron chi connectivity index (χ1n) is 11.6. The largest absolute Gasteiger partial charge is 0.490 e. The van der Waals surface area contributed by atoms with Gasteiger partial charge in [-0.25, -0.2) is 4.79 Å². The number of benzene rings is 1. The first-order chi connectivity index (χ1) is 17.0. The molecule has 2 atom stereocenters. The molecule has 3 heterocycles. The molecule has 0 radical (unpaired) electrons. The first-order valence-corrected chi connectivity index (χ1v) is 12.0. The van der Waals surface area contributed by atoms with E-state index in [0.29, 0.717) is 10.8 Å². The van der Waals surface area contributed by atoms with Gasteiger partial charge in [-0.3, -0.25) is 10.4 Å². The molecule has 4 rings (SSSR count). The highest BCUT2D eigenvalue weighted by Gasteiger charge is 2.42. The van der Waals surface area contributed by atoms with Crippen LogP contribution in [0.4, 0.5) is 24.7 Å². The van der Waals surface area contributed by atoms with E-state index in [1.54, 1.807) is 16.8 Å². The summed E-state index contributed by atoms with van der Waals surface area (Å²) in [5.74, 6) is -1.25. The van der Waals surface area contributed by atoms with Crippen molar-refractivity contribution in [3.05, 3.63) is 63.7 Å². The van der Waals surface area contributed by atoms with E-state index in [9.17, 15) is 18.0 Å². The van der Waals surface area contributed by atoms with E-state index in [1.807, 2.05) is 27.0 Å². The van der Waals surface area contributed by atoms with Crippen LogP contribution in [0.25, 0.3) is 0 Å². The standard InChI is InChI=1S/C25H28ClF3N4O3/c1-14-12-15(2)21(18(26)13-14)33-10-4-6-17-22(32(3)31-23(17)33)16(19-7-5-11-35-19)8-9-20(30)36-24(34)25(27,28)29/h5,7,11-13,16,20H,4,6,8-10,30H2,1-3H3. The van der Waals surface area contributed by atoms with Gasteiger partial charge in [0.05, 0.1) is 28.6 Å². The fraction of sp³-hybridized carbons (Fsp3) is 0.440. The minimum Gasteiger partial charge on any atom is -0.469 e. The van der Waals surface area contributed by atoms with Crippen molar-refractivity contribution in [3.63, 3.8) is 0 Å². The predicted molar refractivity (Wildman–Crippen MR) is 129 cm³/mol. The van der Waals surface area contributed by atoms with E-state index in [0.717, 1.165) is 53.3 Å². The SMILES string of the molecule is Cc1cc(C)c(N2CCCc3c2nn(C)c3C(CCC(N)OC(=O)C(F)(F)F)c2ccco2)c(Cl)c1. The number of nitrogens with two attached hydrogens (primary N) is 1. The number of carbonyl (C=O) groups is 1. The Morgan fingerprint density at radius 1 is 1.31 bits per heavy atom. The van der Waals surface area contributed by atoms with Crippen molar-refractivity contribution >= 4 is 29.1 Å². The molecule has 0 saturated carbocycles. The number of fused-ring (bicyclic) bond motifs is 1. The summed E-state index contributed by atoms with van der Waals surface area (Å²) in [5, 5.41) is 5.48. The van der Waals surface area contributed by atoms with Crippen LogP contribution in [0.2, 0.25) is 5.02 Å². The van der Waals surface area contributed by atoms with E-state index < -0.39 is 18.4 Å². The molecule has 2 unspecified atom stereocenters. The first kappa shape index (κ1) is 26.1. The Balaban J connectivity index is 1.67. The van der Waals surface area contributed by atoms with E-state index in [1.165, 1.54) is 6.26 Å². The summed E-state index contributed by atoms with van der Waals surface area (Å²) in [7, 11) is 1.83. The van der Waals surface area contributed by atoms with Crippen LogP contribution >= 0.6 is 11.6 Å². The Morgan fingerprint density at radius 3 is 2.69 bits per heavy atom. The predicted octanol–water partition coefficient (Wildman–Crippen LogP) is 5.67. The van der Waals surface area contributed by atoms with Crippen LogP contribution in [0.5, 0.6) is 0 Å². The maximum Gasteiger partial charge on any atom is 0.490 e. The number of carbonyl (C=O) groups excluding carboxylic acids is 1. The fourth-order valence-corrected chi connectivity index (χ4v) is 5.37. The smallest absolute Gasteiger partial charge is 0.469 e. The molecule has 0 spiro atoms. The molecular formula is C25H28ClF3N4O3. The number of esters is 1. The highest BCUT2D eigenvalue weighted by Crippen LogP contribution is 2.43. The monoisotopic (exact) mass is 524 g/mol. The second kappa shape index (κ2) is 10.2. The molecular weight excluding hydrogens is 497 g/mol. The zero-order valence-electron chi connectivity index (χ0n) is 20.2. The van der Waals surface area contributed by atoms with Crippen molar-refractivity contribution < 1.29 is 27.1 Å². The lowest BCUT2D eigenvalue weighted by molar-refractivity contribution is -0.204. The Labute approximate surface area is 211 Å². The lowest BCUT2D eigenvalue weighted by atomic mass is 9.90. The van der Waals surface area contributed by atoms with Gasteiger partial charge in [0, 0.05) is 19.2 Å². The number of rotatable bonds is 7. The van der Waals surface area contributed by atoms with E-state index in [4.69, 9.17) is 26.9 Å². The number of nitrogens with zero attached hydrogens (tertiary/aromatic N) is 3. The average Bonchev–Trinajstić information content (AvgIpc) is 3.41. The van der Waals surface area contributed by atoms with Gasteiger partial charge < -0.3 is 14.1 Å². The van der Waals surface area contributed by atoms with Gasteiger partial charge in [0.25, 0.3) is 0 Å². The molecule has 0 saturated heterocycles. The summed E-state index contributed by atoms with van der Waals surface area (Å²) in [6.07, 6.45) is -3.05. The Hall–Kier alpha value is -2.98. The molecule has 2 N–H and O–H groups in total. The van der Waals surface area contributed by atoms with Crippen molar-refractivity contribution in [2.75, 3.05) is 11.4 Å². The summed E-state index contributed by atoms with van der Waals surface area (Å²) in [6, 6.07) is 7.56. The lowest BCUT2D eigenvalue weighted by Gasteiger charge is -2.30. The Bertz CT molecular complexity index is 1220. The van der Waals surface area contributed by atoms with E-state index in [2.05, 4.69) is 15.7 Å². The normalized spacial score (nSPS) is 15.5. The average molecular weight is 525 g/mol. The molecule has 194 valence electrons. The van der Waals surface area contributed by atoms with Crippen LogP contribution in [0.3, 0.4) is 0 Å². The summed E-state index contributed by atoms with van der Waals surface area (Å²) in [5.41, 5.74) is 10.6. The fourth-order valence-electron chi connectivity index (χ4n) is 4.94. The second-order valence-electron chi connectivity index (χ2n) is 9.07. The van der Waals surface area contributed by atoms with Crippen LogP contribution in [-0.4, -0.2) is 34.7 Å². The minimum atomic E-state index is -5.10. The molecule has 2 aromatic heterocycles. The third kappa shape index (κ3) is 5.24. The van der Waals surface area contributed by atoms with Crippen LogP contribution in [0.1, 0.15) is 53.3 Å². The summed E-state index contributed by atoms with van der Waals surface area (Å²) in [6.45, 7) is 4.76. The molecule has 1 aromatic carbocycles. The number of anilines is 2. The van der Waals surface area contributed by atoms with Gasteiger partial charge in [-0.15, -0.1) is 0 Å². The van der Waals surface area contributed by atoms with Gasteiger partial charge in [0.15, 0.2) is 12.0 Å². The van der Waals surface area contributed by atoms with E-state index in [-0.39, 0.29) is 18.8 Å². The van der Waals surface area contributed by atoms with Crippen LogP contribution in [0, 0.1) is 13.8 Å². The molecule has 3 aromatic rings. The van der Waals surface area contributed by atoms with Crippen LogP contribution < -0.4 is 10.6 Å². The molecule has 0 aliphatic carbocycles. The Morgan fingerprint density at radius 2 is 2.06 bits per heavy atom. The third-order valence-corrected chi connectivity index (χ3v) is 6.64. The molecule has 1 aliphatic rings. The number of hydrogen-bond acceptors (Lipinski definition) is 6. The topological polar surface area (TPSA) is 86.5 Å². The lowest BCUT2D eigenvalue weighted by Crippen LogP contribution is -2.34. The van der Waals surface area contributed by atoms with Crippen LogP contribution in [0.15, 0.2) is 34.9 Å². The van der Waals surface area contributed by atoms with Crippen molar-refractivity contribution in [3.8, 4) is 0 Å². The number of hydrogen-bond donors (Lipinski definition) is 1. The van der Waals surface area contributed by atoms with Crippen molar-refractivity contribution in [1.29, 1.82) is 0 Å². The highest BCUT2D eigenvalue weighted by molar-refractivity contribution is 6.33. The van der Waals surface area contributed by atoms with Gasteiger partial charge in [-0.05, 0) is 68.9 Å². The third-order valence-electron chi connectivity index (χ3n) is 6.35. The zero-order chi connectivity index (χ0) is 26.2. The minimum absolute atomic E-state index is 0.000245. The molecule has 11 heteroatoms. The zero-order valence-corrected chi connectivity index (χ0v) is 21.0. The quantitative estimate of drug-likeness (QED) is 0.316. The number of ether oxygens (including phenoxy) is 1. The molecule has 36 heavy (non-hydrogen) atoms. The number of aryl methyl sites for hydroxylation is 3. The van der Waals surface area contributed by atoms with Gasteiger partial charge >= 0.3 is 12.1 Å². The van der Waals surface area contributed by atoms with Gasteiger partial charge in [0.2, 0.25) is 0 Å². The molecule has 7 nitrogen and oxygen atoms in total. The summed E-state index contributed by atoms with van der Waals surface area (Å²) < 4.78 is 49.6. The van der Waals surface area contributed by atoms with Gasteiger partial charge in [-0.1, -0.05) is 17.7 Å². The van der Waals surface area contributed by atoms with Crippen LogP contribution in [-0.2, 0) is 23.0 Å². The number of halogens is 4. The van der Waals surface area contributed by atoms with E-state index >= 15 is 0 Å². The van der Waals surface area contributed by atoms with Crippen molar-refractivity contribution in [2.24, 2.45) is 12.8 Å². The number of aromatic nitrogens is 2. The second-order valence-corrected chi connectivity index (χ2v) is 9.47.